The van der Waals surface area contributed by atoms with E-state index in [4.69, 9.17) is 0 Å². The van der Waals surface area contributed by atoms with E-state index in [1.807, 2.05) is 40.7 Å². The Hall–Kier alpha value is -1.16. The molecule has 0 saturated carbocycles. The predicted molar refractivity (Wildman–Crippen MR) is 78.5 cm³/mol. The Balaban J connectivity index is 3.00. The van der Waals surface area contributed by atoms with E-state index in [-0.39, 0.29) is 17.5 Å². The summed E-state index contributed by atoms with van der Waals surface area (Å²) in [7, 11) is -3.32. The number of hydrogen-bond donors (Lipinski definition) is 0. The van der Waals surface area contributed by atoms with Crippen molar-refractivity contribution in [2.45, 2.75) is 34.6 Å². The van der Waals surface area contributed by atoms with Gasteiger partial charge in [-0.2, -0.15) is 0 Å². The molecule has 0 radical (unpaired) electrons. The molecule has 1 rings (SSSR count). The molecule has 0 unspecified atom stereocenters. The van der Waals surface area contributed by atoms with Crippen molar-refractivity contribution in [3.05, 3.63) is 34.4 Å². The number of ketones is 1. The van der Waals surface area contributed by atoms with E-state index in [9.17, 15) is 13.2 Å². The van der Waals surface area contributed by atoms with Crippen LogP contribution in [0.5, 0.6) is 0 Å². The van der Waals surface area contributed by atoms with Gasteiger partial charge in [0.25, 0.3) is 0 Å². The van der Waals surface area contributed by atoms with Crippen LogP contribution in [0.3, 0.4) is 0 Å². The minimum atomic E-state index is -3.32. The van der Waals surface area contributed by atoms with Gasteiger partial charge < -0.3 is 0 Å². The SMILES string of the molecule is Cc1cc(C)c(C(=O)CS(=O)(=O)CC(C)C)cc1C. The number of Topliss-reactive ketones (excluding diaryl/α,β-unsaturated/α-hetero) is 1. The monoisotopic (exact) mass is 282 g/mol. The zero-order valence-corrected chi connectivity index (χ0v) is 13.1. The fraction of sp³-hybridized carbons (Fsp3) is 0.533. The lowest BCUT2D eigenvalue weighted by Crippen LogP contribution is -2.22. The molecule has 19 heavy (non-hydrogen) atoms. The molecule has 1 aromatic carbocycles. The summed E-state index contributed by atoms with van der Waals surface area (Å²) in [4.78, 5) is 12.1. The summed E-state index contributed by atoms with van der Waals surface area (Å²) in [6.45, 7) is 9.42. The molecule has 4 heteroatoms. The van der Waals surface area contributed by atoms with Crippen LogP contribution in [0.1, 0.15) is 40.9 Å². The van der Waals surface area contributed by atoms with Gasteiger partial charge in [-0.15, -0.1) is 0 Å². The molecule has 0 N–H and O–H groups in total. The third kappa shape index (κ3) is 4.46. The average Bonchev–Trinajstić information content (AvgIpc) is 2.20. The Bertz CT molecular complexity index is 584. The molecule has 0 aliphatic rings. The zero-order valence-electron chi connectivity index (χ0n) is 12.3. The van der Waals surface area contributed by atoms with Crippen LogP contribution in [-0.4, -0.2) is 25.7 Å². The summed E-state index contributed by atoms with van der Waals surface area (Å²) in [6.07, 6.45) is 0. The van der Waals surface area contributed by atoms with Crippen molar-refractivity contribution in [3.63, 3.8) is 0 Å². The van der Waals surface area contributed by atoms with Crippen LogP contribution >= 0.6 is 0 Å². The van der Waals surface area contributed by atoms with E-state index < -0.39 is 15.6 Å². The highest BCUT2D eigenvalue weighted by Crippen LogP contribution is 2.17. The van der Waals surface area contributed by atoms with Crippen molar-refractivity contribution in [1.29, 1.82) is 0 Å². The van der Waals surface area contributed by atoms with Crippen molar-refractivity contribution in [3.8, 4) is 0 Å². The maximum Gasteiger partial charge on any atom is 0.178 e. The summed E-state index contributed by atoms with van der Waals surface area (Å²) in [5.74, 6) is -0.600. The average molecular weight is 282 g/mol. The van der Waals surface area contributed by atoms with Crippen molar-refractivity contribution in [2.24, 2.45) is 5.92 Å². The van der Waals surface area contributed by atoms with Gasteiger partial charge in [-0.05, 0) is 49.4 Å². The largest absolute Gasteiger partial charge is 0.293 e. The second-order valence-corrected chi connectivity index (χ2v) is 7.73. The molecule has 0 aliphatic heterocycles. The first-order chi connectivity index (χ1) is 8.62. The highest BCUT2D eigenvalue weighted by molar-refractivity contribution is 7.92. The van der Waals surface area contributed by atoms with Gasteiger partial charge >= 0.3 is 0 Å². The summed E-state index contributed by atoms with van der Waals surface area (Å²) >= 11 is 0. The highest BCUT2D eigenvalue weighted by Gasteiger charge is 2.20. The second-order valence-electron chi connectivity index (χ2n) is 5.62. The number of aryl methyl sites for hydroxylation is 3. The molecule has 106 valence electrons. The second kappa shape index (κ2) is 5.87. The lowest BCUT2D eigenvalue weighted by atomic mass is 9.99. The lowest BCUT2D eigenvalue weighted by molar-refractivity contribution is 0.102. The third-order valence-electron chi connectivity index (χ3n) is 3.08. The van der Waals surface area contributed by atoms with Gasteiger partial charge in [-0.3, -0.25) is 4.79 Å². The van der Waals surface area contributed by atoms with Crippen LogP contribution in [0.2, 0.25) is 0 Å². The Morgan fingerprint density at radius 3 is 2.11 bits per heavy atom. The summed E-state index contributed by atoms with van der Waals surface area (Å²) in [5.41, 5.74) is 3.48. The summed E-state index contributed by atoms with van der Waals surface area (Å²) < 4.78 is 23.7. The molecule has 1 aromatic rings. The Morgan fingerprint density at radius 2 is 1.58 bits per heavy atom. The number of sulfone groups is 1. The van der Waals surface area contributed by atoms with E-state index >= 15 is 0 Å². The highest BCUT2D eigenvalue weighted by atomic mass is 32.2. The molecular weight excluding hydrogens is 260 g/mol. The maximum atomic E-state index is 12.1. The molecule has 3 nitrogen and oxygen atoms in total. The van der Waals surface area contributed by atoms with Crippen molar-refractivity contribution < 1.29 is 13.2 Å². The summed E-state index contributed by atoms with van der Waals surface area (Å²) in [6, 6.07) is 3.72. The number of benzene rings is 1. The van der Waals surface area contributed by atoms with E-state index in [1.54, 1.807) is 6.07 Å². The van der Waals surface area contributed by atoms with Crippen molar-refractivity contribution >= 4 is 15.6 Å². The van der Waals surface area contributed by atoms with Crippen LogP contribution in [0, 0.1) is 26.7 Å². The van der Waals surface area contributed by atoms with Crippen molar-refractivity contribution in [1.82, 2.24) is 0 Å². The van der Waals surface area contributed by atoms with Gasteiger partial charge in [0.15, 0.2) is 15.6 Å². The Kier molecular flexibility index (Phi) is 4.91. The topological polar surface area (TPSA) is 51.2 Å². The first kappa shape index (κ1) is 15.9. The molecule has 0 atom stereocenters. The normalized spacial score (nSPS) is 11.9. The molecular formula is C15H22O3S. The van der Waals surface area contributed by atoms with Gasteiger partial charge in [0.2, 0.25) is 0 Å². The van der Waals surface area contributed by atoms with Gasteiger partial charge in [-0.25, -0.2) is 8.42 Å². The van der Waals surface area contributed by atoms with Crippen LogP contribution in [-0.2, 0) is 9.84 Å². The summed E-state index contributed by atoms with van der Waals surface area (Å²) in [5, 5.41) is 0. The lowest BCUT2D eigenvalue weighted by Gasteiger charge is -2.10. The Morgan fingerprint density at radius 1 is 1.05 bits per heavy atom. The van der Waals surface area contributed by atoms with E-state index in [1.165, 1.54) is 0 Å². The van der Waals surface area contributed by atoms with Gasteiger partial charge in [0.05, 0.1) is 5.75 Å². The first-order valence-corrected chi connectivity index (χ1v) is 8.26. The molecule has 0 saturated heterocycles. The van der Waals surface area contributed by atoms with Gasteiger partial charge in [0.1, 0.15) is 5.75 Å². The Labute approximate surface area is 116 Å². The fourth-order valence-electron chi connectivity index (χ4n) is 2.11. The number of hydrogen-bond acceptors (Lipinski definition) is 3. The zero-order chi connectivity index (χ0) is 14.8. The number of rotatable bonds is 5. The van der Waals surface area contributed by atoms with E-state index in [0.29, 0.717) is 5.56 Å². The van der Waals surface area contributed by atoms with Crippen molar-refractivity contribution in [2.75, 3.05) is 11.5 Å². The minimum Gasteiger partial charge on any atom is -0.293 e. The standard InChI is InChI=1S/C15H22O3S/c1-10(2)8-19(17,18)9-15(16)14-7-12(4)11(3)6-13(14)5/h6-7,10H,8-9H2,1-5H3. The van der Waals surface area contributed by atoms with E-state index in [0.717, 1.165) is 16.7 Å². The smallest absolute Gasteiger partial charge is 0.178 e. The van der Waals surface area contributed by atoms with Crippen LogP contribution < -0.4 is 0 Å². The molecule has 0 bridgehead atoms. The maximum absolute atomic E-state index is 12.1. The fourth-order valence-corrected chi connectivity index (χ4v) is 3.79. The molecule has 0 fully saturated rings. The predicted octanol–water partition coefficient (Wildman–Crippen LogP) is 2.87. The minimum absolute atomic E-state index is 0.0404. The molecule has 0 spiro atoms. The quantitative estimate of drug-likeness (QED) is 0.780. The van der Waals surface area contributed by atoms with Gasteiger partial charge in [-0.1, -0.05) is 19.9 Å². The molecule has 0 aromatic heterocycles. The molecule has 0 aliphatic carbocycles. The van der Waals surface area contributed by atoms with Gasteiger partial charge in [0, 0.05) is 5.56 Å². The van der Waals surface area contributed by atoms with E-state index in [2.05, 4.69) is 0 Å². The number of carbonyl (C=O) groups is 1. The van der Waals surface area contributed by atoms with Crippen LogP contribution in [0.15, 0.2) is 12.1 Å². The molecule has 0 amide bonds. The number of carbonyl (C=O) groups excluding carboxylic acids is 1. The van der Waals surface area contributed by atoms with Crippen LogP contribution in [0.4, 0.5) is 0 Å². The third-order valence-corrected chi connectivity index (χ3v) is 4.96. The first-order valence-electron chi connectivity index (χ1n) is 6.44. The van der Waals surface area contributed by atoms with Crippen LogP contribution in [0.25, 0.3) is 0 Å². The molecule has 0 heterocycles.